The van der Waals surface area contributed by atoms with Crippen molar-refractivity contribution in [1.82, 2.24) is 10.0 Å². The molecule has 0 radical (unpaired) electrons. The van der Waals surface area contributed by atoms with Crippen LogP contribution in [0.2, 0.25) is 0 Å². The summed E-state index contributed by atoms with van der Waals surface area (Å²) in [6, 6.07) is 8.04. The Labute approximate surface area is 125 Å². The molecule has 1 aromatic rings. The molecule has 0 fully saturated rings. The third kappa shape index (κ3) is 6.85. The molecule has 20 heavy (non-hydrogen) atoms. The van der Waals surface area contributed by atoms with Crippen LogP contribution in [-0.2, 0) is 14.8 Å². The maximum Gasteiger partial charge on any atom is 0.240 e. The Morgan fingerprint density at radius 2 is 1.80 bits per heavy atom. The van der Waals surface area contributed by atoms with E-state index >= 15 is 0 Å². The Morgan fingerprint density at radius 1 is 1.15 bits per heavy atom. The van der Waals surface area contributed by atoms with Gasteiger partial charge in [-0.15, -0.1) is 12.4 Å². The number of nitrogens with two attached hydrogens (primary N) is 1. The molecule has 114 valence electrons. The lowest BCUT2D eigenvalue weighted by molar-refractivity contribution is -0.120. The zero-order valence-electron chi connectivity index (χ0n) is 11.0. The van der Waals surface area contributed by atoms with Gasteiger partial charge in [-0.1, -0.05) is 18.2 Å². The van der Waals surface area contributed by atoms with Crippen LogP contribution >= 0.6 is 12.4 Å². The van der Waals surface area contributed by atoms with Gasteiger partial charge in [0.25, 0.3) is 0 Å². The number of sulfonamides is 1. The van der Waals surface area contributed by atoms with Crippen LogP contribution in [0.3, 0.4) is 0 Å². The third-order valence-electron chi connectivity index (χ3n) is 2.40. The van der Waals surface area contributed by atoms with E-state index in [1.807, 2.05) is 0 Å². The van der Waals surface area contributed by atoms with Crippen LogP contribution in [0.4, 0.5) is 0 Å². The molecule has 0 saturated heterocycles. The summed E-state index contributed by atoms with van der Waals surface area (Å²) >= 11 is 0. The second-order valence-corrected chi connectivity index (χ2v) is 5.72. The average Bonchev–Trinajstić information content (AvgIpc) is 2.40. The summed E-state index contributed by atoms with van der Waals surface area (Å²) in [5.41, 5.74) is 5.29. The molecule has 4 N–H and O–H groups in total. The summed E-state index contributed by atoms with van der Waals surface area (Å²) in [6.07, 6.45) is 0.818. The quantitative estimate of drug-likeness (QED) is 0.597. The number of hydrogen-bond acceptors (Lipinski definition) is 4. The van der Waals surface area contributed by atoms with E-state index in [4.69, 9.17) is 5.73 Å². The molecule has 0 atom stereocenters. The molecule has 8 heteroatoms. The molecule has 0 aliphatic heterocycles. The van der Waals surface area contributed by atoms with Gasteiger partial charge in [-0.25, -0.2) is 13.1 Å². The van der Waals surface area contributed by atoms with Crippen molar-refractivity contribution in [3.63, 3.8) is 0 Å². The van der Waals surface area contributed by atoms with Crippen LogP contribution < -0.4 is 15.8 Å². The number of nitrogens with one attached hydrogen (secondary N) is 2. The zero-order valence-corrected chi connectivity index (χ0v) is 12.7. The Morgan fingerprint density at radius 3 is 2.40 bits per heavy atom. The lowest BCUT2D eigenvalue weighted by atomic mass is 10.4. The van der Waals surface area contributed by atoms with Gasteiger partial charge < -0.3 is 11.1 Å². The first-order chi connectivity index (χ1) is 9.06. The van der Waals surface area contributed by atoms with Crippen LogP contribution in [0.1, 0.15) is 12.8 Å². The fraction of sp³-hybridized carbons (Fsp3) is 0.417. The highest BCUT2D eigenvalue weighted by Gasteiger charge is 2.12. The lowest BCUT2D eigenvalue weighted by Crippen LogP contribution is -2.31. The monoisotopic (exact) mass is 321 g/mol. The molecule has 0 aliphatic carbocycles. The molecule has 0 heterocycles. The summed E-state index contributed by atoms with van der Waals surface area (Å²) in [5, 5.41) is 2.66. The highest BCUT2D eigenvalue weighted by Crippen LogP contribution is 2.06. The summed E-state index contributed by atoms with van der Waals surface area (Å²) in [6.45, 7) is 1.10. The number of benzene rings is 1. The molecule has 0 aliphatic rings. The summed E-state index contributed by atoms with van der Waals surface area (Å²) < 4.78 is 26.0. The van der Waals surface area contributed by atoms with Gasteiger partial charge in [-0.05, 0) is 25.1 Å². The van der Waals surface area contributed by atoms with E-state index in [2.05, 4.69) is 10.0 Å². The number of rotatable bonds is 8. The Hall–Kier alpha value is -1.15. The Balaban J connectivity index is 0.00000361. The molecule has 0 spiro atoms. The first kappa shape index (κ1) is 18.9. The minimum Gasteiger partial charge on any atom is -0.356 e. The fourth-order valence-corrected chi connectivity index (χ4v) is 2.45. The Kier molecular flexibility index (Phi) is 9.15. The largest absolute Gasteiger partial charge is 0.356 e. The predicted molar refractivity (Wildman–Crippen MR) is 80.2 cm³/mol. The van der Waals surface area contributed by atoms with Gasteiger partial charge in [0.05, 0.1) is 4.90 Å². The fourth-order valence-electron chi connectivity index (χ4n) is 1.40. The van der Waals surface area contributed by atoms with Crippen LogP contribution in [-0.4, -0.2) is 34.0 Å². The van der Waals surface area contributed by atoms with E-state index in [9.17, 15) is 13.2 Å². The van der Waals surface area contributed by atoms with Gasteiger partial charge in [-0.3, -0.25) is 4.79 Å². The van der Waals surface area contributed by atoms with Gasteiger partial charge in [0.1, 0.15) is 0 Å². The smallest absolute Gasteiger partial charge is 0.240 e. The first-order valence-electron chi connectivity index (χ1n) is 6.08. The van der Waals surface area contributed by atoms with Crippen molar-refractivity contribution in [2.24, 2.45) is 5.73 Å². The van der Waals surface area contributed by atoms with Crippen molar-refractivity contribution >= 4 is 28.3 Å². The number of amides is 1. The summed E-state index contributed by atoms with van der Waals surface area (Å²) in [5.74, 6) is -0.191. The topological polar surface area (TPSA) is 101 Å². The lowest BCUT2D eigenvalue weighted by Gasteiger charge is -2.07. The molecule has 0 unspecified atom stereocenters. The molecule has 1 rings (SSSR count). The maximum absolute atomic E-state index is 11.8. The third-order valence-corrected chi connectivity index (χ3v) is 3.88. The van der Waals surface area contributed by atoms with E-state index in [0.29, 0.717) is 19.5 Å². The van der Waals surface area contributed by atoms with Crippen LogP contribution in [0.5, 0.6) is 0 Å². The highest BCUT2D eigenvalue weighted by atomic mass is 35.5. The van der Waals surface area contributed by atoms with Crippen molar-refractivity contribution in [1.29, 1.82) is 0 Å². The molecule has 0 aromatic heterocycles. The van der Waals surface area contributed by atoms with E-state index in [0.717, 1.165) is 0 Å². The van der Waals surface area contributed by atoms with Gasteiger partial charge in [0, 0.05) is 19.5 Å². The minimum absolute atomic E-state index is 0. The number of carbonyl (C=O) groups excluding carboxylic acids is 1. The van der Waals surface area contributed by atoms with E-state index in [1.54, 1.807) is 18.2 Å². The van der Waals surface area contributed by atoms with E-state index < -0.39 is 10.0 Å². The summed E-state index contributed by atoms with van der Waals surface area (Å²) in [4.78, 5) is 11.5. The normalized spacial score (nSPS) is 10.7. The van der Waals surface area contributed by atoms with Crippen molar-refractivity contribution in [2.45, 2.75) is 17.7 Å². The summed E-state index contributed by atoms with van der Waals surface area (Å²) in [7, 11) is -3.53. The van der Waals surface area contributed by atoms with Gasteiger partial charge in [0.15, 0.2) is 0 Å². The molecule has 0 saturated carbocycles. The number of halogens is 1. The second kappa shape index (κ2) is 9.71. The van der Waals surface area contributed by atoms with Crippen LogP contribution in [0, 0.1) is 0 Å². The van der Waals surface area contributed by atoms with Crippen LogP contribution in [0.15, 0.2) is 35.2 Å². The molecular weight excluding hydrogens is 302 g/mol. The van der Waals surface area contributed by atoms with Gasteiger partial charge in [0.2, 0.25) is 15.9 Å². The SMILES string of the molecule is Cl.NCCCNC(=O)CCNS(=O)(=O)c1ccccc1. The predicted octanol–water partition coefficient (Wildman–Crippen LogP) is 0.242. The highest BCUT2D eigenvalue weighted by molar-refractivity contribution is 7.89. The maximum atomic E-state index is 11.8. The first-order valence-corrected chi connectivity index (χ1v) is 7.56. The number of hydrogen-bond donors (Lipinski definition) is 3. The average molecular weight is 322 g/mol. The van der Waals surface area contributed by atoms with E-state index in [-0.39, 0.29) is 36.2 Å². The van der Waals surface area contributed by atoms with Crippen molar-refractivity contribution in [3.05, 3.63) is 30.3 Å². The van der Waals surface area contributed by atoms with Gasteiger partial charge >= 0.3 is 0 Å². The Bertz CT molecular complexity index is 494. The van der Waals surface area contributed by atoms with E-state index in [1.165, 1.54) is 12.1 Å². The molecule has 1 amide bonds. The number of carbonyl (C=O) groups is 1. The second-order valence-electron chi connectivity index (χ2n) is 3.95. The minimum atomic E-state index is -3.53. The zero-order chi connectivity index (χ0) is 14.1. The molecule has 6 nitrogen and oxygen atoms in total. The van der Waals surface area contributed by atoms with Crippen molar-refractivity contribution < 1.29 is 13.2 Å². The standard InChI is InChI=1S/C12H19N3O3S.ClH/c13-8-4-9-14-12(16)7-10-15-19(17,18)11-5-2-1-3-6-11;/h1-3,5-6,15H,4,7-10,13H2,(H,14,16);1H. The van der Waals surface area contributed by atoms with Crippen molar-refractivity contribution in [3.8, 4) is 0 Å². The van der Waals surface area contributed by atoms with Gasteiger partial charge in [-0.2, -0.15) is 0 Å². The van der Waals surface area contributed by atoms with Crippen molar-refractivity contribution in [2.75, 3.05) is 19.6 Å². The molecular formula is C12H20ClN3O3S. The molecule has 0 bridgehead atoms. The molecule has 1 aromatic carbocycles. The van der Waals surface area contributed by atoms with Crippen LogP contribution in [0.25, 0.3) is 0 Å².